The van der Waals surface area contributed by atoms with E-state index in [1.165, 1.54) is 12.1 Å². The van der Waals surface area contributed by atoms with E-state index in [1.54, 1.807) is 0 Å². The van der Waals surface area contributed by atoms with Crippen LogP contribution in [-0.2, 0) is 0 Å². The summed E-state index contributed by atoms with van der Waals surface area (Å²) in [6, 6.07) is 2.58. The minimum atomic E-state index is -0.441. The minimum Gasteiger partial charge on any atom is -0.380 e. The van der Waals surface area contributed by atoms with E-state index in [1.807, 2.05) is 0 Å². The molecular weight excluding hydrogens is 324 g/mol. The van der Waals surface area contributed by atoms with Crippen LogP contribution in [0.2, 0.25) is 0 Å². The van der Waals surface area contributed by atoms with E-state index in [-0.39, 0.29) is 27.0 Å². The van der Waals surface area contributed by atoms with Crippen molar-refractivity contribution in [2.75, 3.05) is 5.32 Å². The molecule has 1 aliphatic rings. The number of hydrogen-bond donors (Lipinski definition) is 1. The van der Waals surface area contributed by atoms with Crippen LogP contribution in [0.1, 0.15) is 47.0 Å². The Balaban J connectivity index is 2.19. The first-order valence-electron chi connectivity index (χ1n) is 6.99. The molecule has 0 aromatic heterocycles. The van der Waals surface area contributed by atoms with E-state index in [2.05, 4.69) is 48.9 Å². The molecule has 0 spiro atoms. The van der Waals surface area contributed by atoms with Gasteiger partial charge in [-0.05, 0) is 52.1 Å². The molecule has 0 amide bonds. The van der Waals surface area contributed by atoms with Crippen molar-refractivity contribution >= 4 is 21.6 Å². The van der Waals surface area contributed by atoms with Gasteiger partial charge in [0, 0.05) is 12.1 Å². The number of nitrogens with one attached hydrogen (secondary N) is 1. The maximum Gasteiger partial charge on any atom is 0.147 e. The van der Waals surface area contributed by atoms with Gasteiger partial charge in [0.1, 0.15) is 11.6 Å². The Kier molecular flexibility index (Phi) is 4.16. The average Bonchev–Trinajstić information content (AvgIpc) is 2.21. The Bertz CT molecular complexity index is 495. The molecule has 112 valence electrons. The highest BCUT2D eigenvalue weighted by Crippen LogP contribution is 2.46. The van der Waals surface area contributed by atoms with Crippen LogP contribution in [0.25, 0.3) is 0 Å². The summed E-state index contributed by atoms with van der Waals surface area (Å²) < 4.78 is 27.6. The number of hydrogen-bond acceptors (Lipinski definition) is 1. The fourth-order valence-electron chi connectivity index (χ4n) is 3.80. The first-order valence-corrected chi connectivity index (χ1v) is 7.78. The van der Waals surface area contributed by atoms with E-state index in [0.29, 0.717) is 0 Å². The molecule has 0 radical (unpaired) electrons. The molecule has 1 nitrogen and oxygen atoms in total. The Morgan fingerprint density at radius 2 is 1.60 bits per heavy atom. The quantitative estimate of drug-likeness (QED) is 0.673. The van der Waals surface area contributed by atoms with Crippen molar-refractivity contribution in [3.8, 4) is 0 Å². The second-order valence-corrected chi connectivity index (χ2v) is 8.36. The molecule has 1 aliphatic carbocycles. The second kappa shape index (κ2) is 5.28. The fraction of sp³-hybridized carbons (Fsp3) is 0.625. The largest absolute Gasteiger partial charge is 0.380 e. The van der Waals surface area contributed by atoms with Crippen LogP contribution in [0.15, 0.2) is 16.6 Å². The van der Waals surface area contributed by atoms with Crippen molar-refractivity contribution in [2.24, 2.45) is 10.8 Å². The normalized spacial score (nSPS) is 21.8. The zero-order valence-corrected chi connectivity index (χ0v) is 14.1. The van der Waals surface area contributed by atoms with E-state index in [9.17, 15) is 8.78 Å². The molecule has 2 rings (SSSR count). The van der Waals surface area contributed by atoms with E-state index >= 15 is 0 Å². The molecule has 4 heteroatoms. The highest BCUT2D eigenvalue weighted by atomic mass is 79.9. The predicted molar refractivity (Wildman–Crippen MR) is 82.9 cm³/mol. The Hall–Kier alpha value is -0.640. The summed E-state index contributed by atoms with van der Waals surface area (Å²) in [7, 11) is 0. The fourth-order valence-corrected chi connectivity index (χ4v) is 4.12. The summed E-state index contributed by atoms with van der Waals surface area (Å²) in [6.45, 7) is 8.95. The molecule has 20 heavy (non-hydrogen) atoms. The van der Waals surface area contributed by atoms with Crippen LogP contribution in [0.5, 0.6) is 0 Å². The summed E-state index contributed by atoms with van der Waals surface area (Å²) in [5.41, 5.74) is 0.678. The van der Waals surface area contributed by atoms with Gasteiger partial charge in [-0.15, -0.1) is 0 Å². The first kappa shape index (κ1) is 15.7. The van der Waals surface area contributed by atoms with Gasteiger partial charge in [0.25, 0.3) is 0 Å². The zero-order valence-electron chi connectivity index (χ0n) is 12.5. The number of rotatable bonds is 2. The lowest BCUT2D eigenvalue weighted by molar-refractivity contribution is 0.105. The van der Waals surface area contributed by atoms with E-state index in [4.69, 9.17) is 0 Å². The van der Waals surface area contributed by atoms with Gasteiger partial charge in [-0.2, -0.15) is 0 Å². The number of anilines is 1. The third-order valence-corrected chi connectivity index (χ3v) is 4.53. The monoisotopic (exact) mass is 345 g/mol. The lowest BCUT2D eigenvalue weighted by Gasteiger charge is -2.45. The molecule has 1 fully saturated rings. The summed E-state index contributed by atoms with van der Waals surface area (Å²) in [5, 5.41) is 3.19. The predicted octanol–water partition coefficient (Wildman–Crippen LogP) is 5.74. The van der Waals surface area contributed by atoms with Crippen LogP contribution >= 0.6 is 15.9 Å². The highest BCUT2D eigenvalue weighted by molar-refractivity contribution is 9.10. The van der Waals surface area contributed by atoms with Crippen molar-refractivity contribution in [3.63, 3.8) is 0 Å². The van der Waals surface area contributed by atoms with Crippen molar-refractivity contribution in [3.05, 3.63) is 28.2 Å². The molecule has 0 atom stereocenters. The van der Waals surface area contributed by atoms with Crippen molar-refractivity contribution in [1.82, 2.24) is 0 Å². The Morgan fingerprint density at radius 3 is 2.15 bits per heavy atom. The number of benzene rings is 1. The third kappa shape index (κ3) is 3.72. The molecule has 0 heterocycles. The topological polar surface area (TPSA) is 12.0 Å². The van der Waals surface area contributed by atoms with Crippen LogP contribution < -0.4 is 5.32 Å². The first-order chi connectivity index (χ1) is 9.08. The maximum absolute atomic E-state index is 13.9. The molecule has 1 N–H and O–H groups in total. The molecule has 0 bridgehead atoms. The Morgan fingerprint density at radius 1 is 1.05 bits per heavy atom. The standard InChI is InChI=1S/C16H22BrF2N/c1-15(2)7-10(8-16(3,4)9-15)20-14-6-12(18)11(17)5-13(14)19/h5-6,10,20H,7-9H2,1-4H3. The summed E-state index contributed by atoms with van der Waals surface area (Å²) in [6.07, 6.45) is 3.08. The molecule has 0 unspecified atom stereocenters. The molecule has 1 saturated carbocycles. The average molecular weight is 346 g/mol. The van der Waals surface area contributed by atoms with Crippen LogP contribution in [0.3, 0.4) is 0 Å². The second-order valence-electron chi connectivity index (χ2n) is 7.50. The van der Waals surface area contributed by atoms with Crippen LogP contribution in [-0.4, -0.2) is 6.04 Å². The number of halogens is 3. The summed E-state index contributed by atoms with van der Waals surface area (Å²) >= 11 is 3.00. The molecule has 1 aromatic carbocycles. The van der Waals surface area contributed by atoms with Gasteiger partial charge >= 0.3 is 0 Å². The van der Waals surface area contributed by atoms with Gasteiger partial charge in [0.2, 0.25) is 0 Å². The third-order valence-electron chi connectivity index (χ3n) is 3.92. The zero-order chi connectivity index (χ0) is 15.1. The van der Waals surface area contributed by atoms with Gasteiger partial charge in [-0.25, -0.2) is 8.78 Å². The van der Waals surface area contributed by atoms with Gasteiger partial charge < -0.3 is 5.32 Å². The SMILES string of the molecule is CC1(C)CC(Nc2cc(F)c(Br)cc2F)CC(C)(C)C1. The van der Waals surface area contributed by atoms with Crippen molar-refractivity contribution in [2.45, 2.75) is 53.0 Å². The summed E-state index contributed by atoms with van der Waals surface area (Å²) in [5.74, 6) is -0.859. The smallest absolute Gasteiger partial charge is 0.147 e. The minimum absolute atomic E-state index is 0.157. The highest BCUT2D eigenvalue weighted by Gasteiger charge is 2.38. The summed E-state index contributed by atoms with van der Waals surface area (Å²) in [4.78, 5) is 0. The lowest BCUT2D eigenvalue weighted by Crippen LogP contribution is -2.40. The molecule has 1 aromatic rings. The van der Waals surface area contributed by atoms with E-state index < -0.39 is 11.6 Å². The molecular formula is C16H22BrF2N. The molecule has 0 saturated heterocycles. The van der Waals surface area contributed by atoms with Gasteiger partial charge in [-0.3, -0.25) is 0 Å². The molecule has 0 aliphatic heterocycles. The van der Waals surface area contributed by atoms with Gasteiger partial charge in [-0.1, -0.05) is 27.7 Å². The lowest BCUT2D eigenvalue weighted by atomic mass is 9.63. The van der Waals surface area contributed by atoms with Crippen molar-refractivity contribution in [1.29, 1.82) is 0 Å². The van der Waals surface area contributed by atoms with Gasteiger partial charge in [0.15, 0.2) is 0 Å². The Labute approximate surface area is 128 Å². The van der Waals surface area contributed by atoms with Crippen molar-refractivity contribution < 1.29 is 8.78 Å². The van der Waals surface area contributed by atoms with Gasteiger partial charge in [0.05, 0.1) is 10.2 Å². The maximum atomic E-state index is 13.9. The van der Waals surface area contributed by atoms with Crippen LogP contribution in [0.4, 0.5) is 14.5 Å². The van der Waals surface area contributed by atoms with Crippen LogP contribution in [0, 0.1) is 22.5 Å². The van der Waals surface area contributed by atoms with E-state index in [0.717, 1.165) is 19.3 Å².